The summed E-state index contributed by atoms with van der Waals surface area (Å²) < 4.78 is 4.81. The Morgan fingerprint density at radius 3 is 2.44 bits per heavy atom. The highest BCUT2D eigenvalue weighted by molar-refractivity contribution is 5.82. The van der Waals surface area contributed by atoms with Gasteiger partial charge in [0.2, 0.25) is 5.91 Å². The molecule has 0 aromatic carbocycles. The summed E-state index contributed by atoms with van der Waals surface area (Å²) in [5.41, 5.74) is 0. The van der Waals surface area contributed by atoms with Crippen LogP contribution in [0.2, 0.25) is 0 Å². The number of amides is 2. The van der Waals surface area contributed by atoms with Crippen LogP contribution in [-0.2, 0) is 9.53 Å². The maximum absolute atomic E-state index is 11.8. The lowest BCUT2D eigenvalue weighted by molar-refractivity contribution is -0.132. The summed E-state index contributed by atoms with van der Waals surface area (Å²) in [7, 11) is 1.58. The smallest absolute Gasteiger partial charge is 0.409 e. The highest BCUT2D eigenvalue weighted by atomic mass is 16.6. The SMILES string of the molecule is CCOC(=O)N(C)CC(=O)N1CCCCC1. The number of hydrogen-bond acceptors (Lipinski definition) is 3. The lowest BCUT2D eigenvalue weighted by Gasteiger charge is -2.28. The van der Waals surface area contributed by atoms with E-state index >= 15 is 0 Å². The van der Waals surface area contributed by atoms with E-state index in [2.05, 4.69) is 0 Å². The molecule has 1 fully saturated rings. The number of ether oxygens (including phenoxy) is 1. The second-order valence-electron chi connectivity index (χ2n) is 4.00. The van der Waals surface area contributed by atoms with Crippen molar-refractivity contribution in [3.63, 3.8) is 0 Å². The first kappa shape index (κ1) is 12.8. The van der Waals surface area contributed by atoms with Crippen LogP contribution in [0.15, 0.2) is 0 Å². The summed E-state index contributed by atoms with van der Waals surface area (Å²) in [4.78, 5) is 26.2. The Balaban J connectivity index is 2.34. The van der Waals surface area contributed by atoms with Gasteiger partial charge in [0.05, 0.1) is 6.61 Å². The number of nitrogens with zero attached hydrogens (tertiary/aromatic N) is 2. The van der Waals surface area contributed by atoms with Gasteiger partial charge in [0, 0.05) is 20.1 Å². The number of carbonyl (C=O) groups excluding carboxylic acids is 2. The molecule has 0 aliphatic carbocycles. The van der Waals surface area contributed by atoms with Crippen molar-refractivity contribution in [2.75, 3.05) is 33.3 Å². The van der Waals surface area contributed by atoms with Crippen molar-refractivity contribution in [3.8, 4) is 0 Å². The second-order valence-corrected chi connectivity index (χ2v) is 4.00. The van der Waals surface area contributed by atoms with E-state index < -0.39 is 6.09 Å². The zero-order valence-corrected chi connectivity index (χ0v) is 10.1. The standard InChI is InChI=1S/C11H20N2O3/c1-3-16-11(15)12(2)9-10(14)13-7-5-4-6-8-13/h3-9H2,1-2H3. The van der Waals surface area contributed by atoms with Crippen molar-refractivity contribution < 1.29 is 14.3 Å². The molecule has 0 N–H and O–H groups in total. The maximum Gasteiger partial charge on any atom is 0.409 e. The topological polar surface area (TPSA) is 49.9 Å². The summed E-state index contributed by atoms with van der Waals surface area (Å²) in [6, 6.07) is 0. The van der Waals surface area contributed by atoms with Crippen LogP contribution in [0.25, 0.3) is 0 Å². The molecule has 1 rings (SSSR count). The fourth-order valence-electron chi connectivity index (χ4n) is 1.74. The van der Waals surface area contributed by atoms with E-state index in [9.17, 15) is 9.59 Å². The minimum absolute atomic E-state index is 0.00949. The highest BCUT2D eigenvalue weighted by Crippen LogP contribution is 2.09. The predicted octanol–water partition coefficient (Wildman–Crippen LogP) is 1.09. The van der Waals surface area contributed by atoms with Crippen LogP contribution in [0, 0.1) is 0 Å². The Hall–Kier alpha value is -1.26. The lowest BCUT2D eigenvalue weighted by Crippen LogP contribution is -2.43. The second kappa shape index (κ2) is 6.35. The summed E-state index contributed by atoms with van der Waals surface area (Å²) in [6.45, 7) is 3.82. The molecule has 92 valence electrons. The Labute approximate surface area is 96.3 Å². The average Bonchev–Trinajstić information content (AvgIpc) is 2.30. The zero-order chi connectivity index (χ0) is 12.0. The third-order valence-electron chi connectivity index (χ3n) is 2.66. The van der Waals surface area contributed by atoms with Gasteiger partial charge in [-0.05, 0) is 26.2 Å². The molecule has 1 heterocycles. The van der Waals surface area contributed by atoms with Crippen molar-refractivity contribution in [1.82, 2.24) is 9.80 Å². The third-order valence-corrected chi connectivity index (χ3v) is 2.66. The normalized spacial score (nSPS) is 15.8. The van der Waals surface area contributed by atoms with E-state index in [-0.39, 0.29) is 12.5 Å². The van der Waals surface area contributed by atoms with Gasteiger partial charge in [-0.3, -0.25) is 4.79 Å². The van der Waals surface area contributed by atoms with Crippen molar-refractivity contribution in [2.45, 2.75) is 26.2 Å². The third kappa shape index (κ3) is 3.72. The molecule has 5 heteroatoms. The van der Waals surface area contributed by atoms with E-state index in [4.69, 9.17) is 4.74 Å². The molecule has 5 nitrogen and oxygen atoms in total. The van der Waals surface area contributed by atoms with Gasteiger partial charge in [0.15, 0.2) is 0 Å². The lowest BCUT2D eigenvalue weighted by atomic mass is 10.1. The van der Waals surface area contributed by atoms with Crippen molar-refractivity contribution in [2.24, 2.45) is 0 Å². The molecule has 0 aromatic heterocycles. The number of likely N-dealkylation sites (N-methyl/N-ethyl adjacent to an activating group) is 1. The highest BCUT2D eigenvalue weighted by Gasteiger charge is 2.20. The van der Waals surface area contributed by atoms with Gasteiger partial charge < -0.3 is 14.5 Å². The summed E-state index contributed by atoms with van der Waals surface area (Å²) in [5.74, 6) is 0.00949. The van der Waals surface area contributed by atoms with Gasteiger partial charge in [-0.15, -0.1) is 0 Å². The first-order valence-electron chi connectivity index (χ1n) is 5.80. The number of hydrogen-bond donors (Lipinski definition) is 0. The van der Waals surface area contributed by atoms with E-state index in [0.29, 0.717) is 6.61 Å². The number of likely N-dealkylation sites (tertiary alicyclic amines) is 1. The minimum Gasteiger partial charge on any atom is -0.450 e. The Bertz CT molecular complexity index is 250. The summed E-state index contributed by atoms with van der Waals surface area (Å²) in [6.07, 6.45) is 2.88. The van der Waals surface area contributed by atoms with Crippen LogP contribution in [0.1, 0.15) is 26.2 Å². The average molecular weight is 228 g/mol. The molecule has 0 aromatic rings. The quantitative estimate of drug-likeness (QED) is 0.726. The molecular weight excluding hydrogens is 208 g/mol. The molecule has 0 bridgehead atoms. The van der Waals surface area contributed by atoms with Gasteiger partial charge in [0.1, 0.15) is 6.54 Å². The van der Waals surface area contributed by atoms with E-state index in [1.807, 2.05) is 4.90 Å². The number of piperidine rings is 1. The first-order valence-corrected chi connectivity index (χ1v) is 5.80. The van der Waals surface area contributed by atoms with Gasteiger partial charge in [-0.1, -0.05) is 0 Å². The molecule has 0 radical (unpaired) electrons. The van der Waals surface area contributed by atoms with Gasteiger partial charge in [-0.2, -0.15) is 0 Å². The van der Waals surface area contributed by atoms with Gasteiger partial charge in [-0.25, -0.2) is 4.79 Å². The Morgan fingerprint density at radius 1 is 1.25 bits per heavy atom. The first-order chi connectivity index (χ1) is 7.65. The van der Waals surface area contributed by atoms with Crippen LogP contribution in [-0.4, -0.2) is 55.1 Å². The Morgan fingerprint density at radius 2 is 1.88 bits per heavy atom. The van der Waals surface area contributed by atoms with Crippen molar-refractivity contribution in [3.05, 3.63) is 0 Å². The molecule has 0 saturated carbocycles. The predicted molar refractivity (Wildman–Crippen MR) is 60.1 cm³/mol. The molecule has 0 atom stereocenters. The van der Waals surface area contributed by atoms with Gasteiger partial charge in [0.25, 0.3) is 0 Å². The number of rotatable bonds is 3. The van der Waals surface area contributed by atoms with Crippen LogP contribution in [0.5, 0.6) is 0 Å². The fourth-order valence-corrected chi connectivity index (χ4v) is 1.74. The van der Waals surface area contributed by atoms with Crippen molar-refractivity contribution >= 4 is 12.0 Å². The maximum atomic E-state index is 11.8. The molecule has 1 aliphatic heterocycles. The molecule has 2 amide bonds. The van der Waals surface area contributed by atoms with Gasteiger partial charge >= 0.3 is 6.09 Å². The zero-order valence-electron chi connectivity index (χ0n) is 10.1. The van der Waals surface area contributed by atoms with Crippen LogP contribution < -0.4 is 0 Å². The fraction of sp³-hybridized carbons (Fsp3) is 0.818. The largest absolute Gasteiger partial charge is 0.450 e. The summed E-state index contributed by atoms with van der Waals surface area (Å²) >= 11 is 0. The van der Waals surface area contributed by atoms with E-state index in [1.165, 1.54) is 11.3 Å². The Kier molecular flexibility index (Phi) is 5.08. The molecular formula is C11H20N2O3. The molecule has 16 heavy (non-hydrogen) atoms. The minimum atomic E-state index is -0.437. The molecule has 0 spiro atoms. The molecule has 0 unspecified atom stereocenters. The van der Waals surface area contributed by atoms with Crippen LogP contribution >= 0.6 is 0 Å². The monoisotopic (exact) mass is 228 g/mol. The molecule has 1 aliphatic rings. The van der Waals surface area contributed by atoms with Crippen LogP contribution in [0.4, 0.5) is 4.79 Å². The van der Waals surface area contributed by atoms with Crippen molar-refractivity contribution in [1.29, 1.82) is 0 Å². The van der Waals surface area contributed by atoms with Crippen LogP contribution in [0.3, 0.4) is 0 Å². The van der Waals surface area contributed by atoms with E-state index in [1.54, 1.807) is 14.0 Å². The summed E-state index contributed by atoms with van der Waals surface area (Å²) in [5, 5.41) is 0. The number of carbonyl (C=O) groups is 2. The van der Waals surface area contributed by atoms with E-state index in [0.717, 1.165) is 25.9 Å². The molecule has 1 saturated heterocycles.